The maximum Gasteiger partial charge on any atom is 0.253 e. The van der Waals surface area contributed by atoms with E-state index in [2.05, 4.69) is 9.97 Å². The molecule has 1 heterocycles. The number of aromatic nitrogens is 2. The van der Waals surface area contributed by atoms with Gasteiger partial charge in [0.2, 0.25) is 0 Å². The number of rotatable bonds is 3. The molecule has 0 unspecified atom stereocenters. The number of anilines is 1. The van der Waals surface area contributed by atoms with Crippen molar-refractivity contribution in [1.29, 1.82) is 0 Å². The lowest BCUT2D eigenvalue weighted by molar-refractivity contribution is 0.623. The van der Waals surface area contributed by atoms with Crippen molar-refractivity contribution in [2.24, 2.45) is 5.73 Å². The molecule has 5 nitrogen and oxygen atoms in total. The number of nitrogen functional groups attached to an aromatic ring is 1. The summed E-state index contributed by atoms with van der Waals surface area (Å²) in [5.74, 6) is -0.216. The second kappa shape index (κ2) is 5.19. The summed E-state index contributed by atoms with van der Waals surface area (Å²) >= 11 is 1.18. The summed E-state index contributed by atoms with van der Waals surface area (Å²) in [7, 11) is 0. The number of benzene rings is 1. The first-order chi connectivity index (χ1) is 8.58. The minimum atomic E-state index is -0.353. The summed E-state index contributed by atoms with van der Waals surface area (Å²) in [6, 6.07) is 5.46. The molecular formula is C11H11FN4OS. The standard InChI is InChI=1S/C11H11FN4OS/c12-7-1-2-8(6(3-7)5-13)18-11-15-9(14)4-10(17)16-11/h1-4H,5,13H2,(H3,14,15,16,17). The van der Waals surface area contributed by atoms with Crippen molar-refractivity contribution < 1.29 is 4.39 Å². The predicted molar refractivity (Wildman–Crippen MR) is 67.7 cm³/mol. The van der Waals surface area contributed by atoms with Gasteiger partial charge in [-0.05, 0) is 23.8 Å². The van der Waals surface area contributed by atoms with E-state index in [1.807, 2.05) is 0 Å². The lowest BCUT2D eigenvalue weighted by Gasteiger charge is -2.06. The zero-order valence-corrected chi connectivity index (χ0v) is 10.1. The van der Waals surface area contributed by atoms with Crippen LogP contribution < -0.4 is 17.0 Å². The molecule has 0 fully saturated rings. The second-order valence-corrected chi connectivity index (χ2v) is 4.56. The Hall–Kier alpha value is -1.86. The Kier molecular flexibility index (Phi) is 3.63. The van der Waals surface area contributed by atoms with Crippen molar-refractivity contribution in [3.8, 4) is 0 Å². The van der Waals surface area contributed by atoms with E-state index in [1.54, 1.807) is 6.07 Å². The first-order valence-corrected chi connectivity index (χ1v) is 5.93. The van der Waals surface area contributed by atoms with Gasteiger partial charge in [0, 0.05) is 17.5 Å². The summed E-state index contributed by atoms with van der Waals surface area (Å²) in [5, 5.41) is 0.348. The third kappa shape index (κ3) is 2.88. The molecule has 5 N–H and O–H groups in total. The zero-order chi connectivity index (χ0) is 13.1. The highest BCUT2D eigenvalue weighted by molar-refractivity contribution is 7.99. The summed E-state index contributed by atoms with van der Waals surface area (Å²) in [4.78, 5) is 18.5. The molecular weight excluding hydrogens is 255 g/mol. The highest BCUT2D eigenvalue weighted by Gasteiger charge is 2.07. The highest BCUT2D eigenvalue weighted by atomic mass is 32.2. The SMILES string of the molecule is NCc1cc(F)ccc1Sc1nc(N)cc(=O)[nH]1. The van der Waals surface area contributed by atoms with E-state index in [-0.39, 0.29) is 23.7 Å². The van der Waals surface area contributed by atoms with Crippen molar-refractivity contribution in [3.05, 3.63) is 46.0 Å². The zero-order valence-electron chi connectivity index (χ0n) is 9.31. The molecule has 0 atom stereocenters. The molecule has 0 spiro atoms. The van der Waals surface area contributed by atoms with Crippen LogP contribution in [-0.4, -0.2) is 9.97 Å². The molecule has 0 saturated carbocycles. The minimum Gasteiger partial charge on any atom is -0.383 e. The lowest BCUT2D eigenvalue weighted by Crippen LogP contribution is -2.09. The largest absolute Gasteiger partial charge is 0.383 e. The number of H-pyrrole nitrogens is 1. The molecule has 94 valence electrons. The smallest absolute Gasteiger partial charge is 0.253 e. The van der Waals surface area contributed by atoms with Gasteiger partial charge in [-0.2, -0.15) is 0 Å². The predicted octanol–water partition coefficient (Wildman–Crippen LogP) is 1.10. The third-order valence-electron chi connectivity index (χ3n) is 2.19. The van der Waals surface area contributed by atoms with E-state index in [0.29, 0.717) is 10.7 Å². The van der Waals surface area contributed by atoms with Crippen LogP contribution in [0.5, 0.6) is 0 Å². The van der Waals surface area contributed by atoms with Crippen molar-refractivity contribution in [2.45, 2.75) is 16.6 Å². The van der Waals surface area contributed by atoms with Crippen molar-refractivity contribution in [2.75, 3.05) is 5.73 Å². The molecule has 1 aromatic carbocycles. The van der Waals surface area contributed by atoms with Crippen molar-refractivity contribution in [1.82, 2.24) is 9.97 Å². The number of nitrogens with zero attached hydrogens (tertiary/aromatic N) is 1. The summed E-state index contributed by atoms with van der Waals surface area (Å²) < 4.78 is 13.0. The van der Waals surface area contributed by atoms with Crippen molar-refractivity contribution in [3.63, 3.8) is 0 Å². The molecule has 18 heavy (non-hydrogen) atoms. The van der Waals surface area contributed by atoms with Gasteiger partial charge in [0.05, 0.1) is 0 Å². The van der Waals surface area contributed by atoms with Crippen LogP contribution in [0.15, 0.2) is 39.1 Å². The lowest BCUT2D eigenvalue weighted by atomic mass is 10.2. The fourth-order valence-corrected chi connectivity index (χ4v) is 2.33. The van der Waals surface area contributed by atoms with Crippen LogP contribution in [0.2, 0.25) is 0 Å². The Bertz CT molecular complexity index is 629. The quantitative estimate of drug-likeness (QED) is 0.723. The fraction of sp³-hybridized carbons (Fsp3) is 0.0909. The van der Waals surface area contributed by atoms with E-state index in [0.717, 1.165) is 4.90 Å². The Labute approximate surface area is 106 Å². The number of aromatic amines is 1. The van der Waals surface area contributed by atoms with Crippen LogP contribution in [0.4, 0.5) is 10.2 Å². The maximum absolute atomic E-state index is 13.0. The van der Waals surface area contributed by atoms with E-state index in [4.69, 9.17) is 11.5 Å². The van der Waals surface area contributed by atoms with Gasteiger partial charge in [0.1, 0.15) is 11.6 Å². The molecule has 0 bridgehead atoms. The van der Waals surface area contributed by atoms with Gasteiger partial charge in [0.25, 0.3) is 5.56 Å². The number of nitrogens with two attached hydrogens (primary N) is 2. The Morgan fingerprint density at radius 3 is 2.83 bits per heavy atom. The summed E-state index contributed by atoms with van der Waals surface area (Å²) in [6.45, 7) is 0.201. The van der Waals surface area contributed by atoms with Crippen LogP contribution >= 0.6 is 11.8 Å². The van der Waals surface area contributed by atoms with Gasteiger partial charge in [0.15, 0.2) is 5.16 Å². The summed E-state index contributed by atoms with van der Waals surface area (Å²) in [6.07, 6.45) is 0. The molecule has 0 aliphatic rings. The van der Waals surface area contributed by atoms with Crippen LogP contribution in [-0.2, 0) is 6.54 Å². The van der Waals surface area contributed by atoms with Crippen LogP contribution in [0.25, 0.3) is 0 Å². The molecule has 1 aromatic heterocycles. The molecule has 0 radical (unpaired) electrons. The monoisotopic (exact) mass is 266 g/mol. The number of nitrogens with one attached hydrogen (secondary N) is 1. The molecule has 2 rings (SSSR count). The number of hydrogen-bond acceptors (Lipinski definition) is 5. The minimum absolute atomic E-state index is 0.137. The van der Waals surface area contributed by atoms with Gasteiger partial charge in [-0.3, -0.25) is 4.79 Å². The molecule has 0 amide bonds. The Balaban J connectivity index is 2.36. The number of halogens is 1. The van der Waals surface area contributed by atoms with E-state index in [9.17, 15) is 9.18 Å². The molecule has 0 saturated heterocycles. The Morgan fingerprint density at radius 1 is 1.39 bits per heavy atom. The van der Waals surface area contributed by atoms with E-state index >= 15 is 0 Å². The Morgan fingerprint density at radius 2 is 2.17 bits per heavy atom. The van der Waals surface area contributed by atoms with Crippen LogP contribution in [0, 0.1) is 5.82 Å². The first-order valence-electron chi connectivity index (χ1n) is 5.11. The van der Waals surface area contributed by atoms with Gasteiger partial charge >= 0.3 is 0 Å². The van der Waals surface area contributed by atoms with Gasteiger partial charge in [-0.25, -0.2) is 9.37 Å². The highest BCUT2D eigenvalue weighted by Crippen LogP contribution is 2.28. The van der Waals surface area contributed by atoms with Gasteiger partial charge in [-0.1, -0.05) is 11.8 Å². The number of hydrogen-bond donors (Lipinski definition) is 3. The van der Waals surface area contributed by atoms with Crippen LogP contribution in [0.1, 0.15) is 5.56 Å². The first kappa shape index (κ1) is 12.6. The van der Waals surface area contributed by atoms with E-state index in [1.165, 1.54) is 30.0 Å². The van der Waals surface area contributed by atoms with Gasteiger partial charge < -0.3 is 16.5 Å². The normalized spacial score (nSPS) is 10.6. The average molecular weight is 266 g/mol. The average Bonchev–Trinajstić information content (AvgIpc) is 2.30. The fourth-order valence-electron chi connectivity index (χ4n) is 1.41. The second-order valence-electron chi connectivity index (χ2n) is 3.53. The molecule has 0 aliphatic heterocycles. The summed E-state index contributed by atoms with van der Waals surface area (Å²) in [5.41, 5.74) is 11.3. The van der Waals surface area contributed by atoms with Crippen LogP contribution in [0.3, 0.4) is 0 Å². The third-order valence-corrected chi connectivity index (χ3v) is 3.19. The molecule has 0 aliphatic carbocycles. The topological polar surface area (TPSA) is 97.8 Å². The molecule has 7 heteroatoms. The van der Waals surface area contributed by atoms with Gasteiger partial charge in [-0.15, -0.1) is 0 Å². The van der Waals surface area contributed by atoms with E-state index < -0.39 is 0 Å². The maximum atomic E-state index is 13.0. The van der Waals surface area contributed by atoms with Crippen molar-refractivity contribution >= 4 is 17.6 Å². The molecule has 2 aromatic rings.